The number of morpholine rings is 1. The smallest absolute Gasteiger partial charge is 0.337 e. The summed E-state index contributed by atoms with van der Waals surface area (Å²) in [6, 6.07) is 5.78. The average Bonchev–Trinajstić information content (AvgIpc) is 3.01. The van der Waals surface area contributed by atoms with Crippen LogP contribution in [0, 0.1) is 0 Å². The molecule has 2 aliphatic rings. The molecule has 168 valence electrons. The summed E-state index contributed by atoms with van der Waals surface area (Å²) in [6.07, 6.45) is -0.00264. The summed E-state index contributed by atoms with van der Waals surface area (Å²) in [5.41, 5.74) is 0.933. The van der Waals surface area contributed by atoms with Gasteiger partial charge >= 0.3 is 5.97 Å². The Morgan fingerprint density at radius 1 is 1.19 bits per heavy atom. The summed E-state index contributed by atoms with van der Waals surface area (Å²) in [4.78, 5) is 42.8. The Morgan fingerprint density at radius 2 is 1.87 bits per heavy atom. The molecule has 1 atom stereocenters. The largest absolute Gasteiger partial charge is 0.465 e. The van der Waals surface area contributed by atoms with Crippen molar-refractivity contribution in [1.29, 1.82) is 0 Å². The molecule has 0 unspecified atom stereocenters. The number of anilines is 1. The maximum Gasteiger partial charge on any atom is 0.337 e. The van der Waals surface area contributed by atoms with Gasteiger partial charge < -0.3 is 19.7 Å². The van der Waals surface area contributed by atoms with Gasteiger partial charge in [0.2, 0.25) is 5.91 Å². The molecule has 3 rings (SSSR count). The van der Waals surface area contributed by atoms with Crippen LogP contribution in [-0.4, -0.2) is 96.7 Å². The summed E-state index contributed by atoms with van der Waals surface area (Å²) in [5.74, 6) is -0.884. The summed E-state index contributed by atoms with van der Waals surface area (Å²) in [7, 11) is 1.31. The van der Waals surface area contributed by atoms with E-state index in [1.54, 1.807) is 29.2 Å². The maximum absolute atomic E-state index is 12.9. The molecule has 2 amide bonds. The topological polar surface area (TPSA) is 91.4 Å². The van der Waals surface area contributed by atoms with Gasteiger partial charge in [-0.25, -0.2) is 4.79 Å². The summed E-state index contributed by atoms with van der Waals surface area (Å²) >= 11 is 5.53. The highest BCUT2D eigenvalue weighted by molar-refractivity contribution is 7.80. The van der Waals surface area contributed by atoms with Crippen LogP contribution in [0.2, 0.25) is 0 Å². The molecule has 2 aliphatic heterocycles. The molecule has 10 heteroatoms. The molecule has 2 heterocycles. The Hall–Kier alpha value is -2.56. The third-order valence-corrected chi connectivity index (χ3v) is 5.90. The number of thiocarbonyl (C=S) groups is 1. The van der Waals surface area contributed by atoms with Gasteiger partial charge in [-0.05, 0) is 43.4 Å². The first-order chi connectivity index (χ1) is 14.9. The first-order valence-corrected chi connectivity index (χ1v) is 10.8. The van der Waals surface area contributed by atoms with Gasteiger partial charge in [0.05, 0.1) is 32.3 Å². The fourth-order valence-electron chi connectivity index (χ4n) is 3.70. The zero-order valence-corrected chi connectivity index (χ0v) is 18.7. The molecule has 2 saturated heterocycles. The van der Waals surface area contributed by atoms with Gasteiger partial charge in [-0.15, -0.1) is 0 Å². The van der Waals surface area contributed by atoms with Crippen LogP contribution >= 0.6 is 12.2 Å². The first kappa shape index (κ1) is 23.1. The van der Waals surface area contributed by atoms with Crippen molar-refractivity contribution in [3.8, 4) is 0 Å². The number of hydrogen-bond donors (Lipinski definition) is 1. The van der Waals surface area contributed by atoms with E-state index in [0.29, 0.717) is 42.7 Å². The van der Waals surface area contributed by atoms with Gasteiger partial charge in [-0.1, -0.05) is 0 Å². The van der Waals surface area contributed by atoms with E-state index in [-0.39, 0.29) is 18.2 Å². The van der Waals surface area contributed by atoms with E-state index in [2.05, 4.69) is 15.0 Å². The van der Waals surface area contributed by atoms with Gasteiger partial charge in [-0.2, -0.15) is 0 Å². The maximum atomic E-state index is 12.9. The number of amides is 2. The Morgan fingerprint density at radius 3 is 2.48 bits per heavy atom. The number of esters is 1. The van der Waals surface area contributed by atoms with Crippen molar-refractivity contribution in [2.24, 2.45) is 0 Å². The van der Waals surface area contributed by atoms with Crippen LogP contribution in [0.15, 0.2) is 24.3 Å². The van der Waals surface area contributed by atoms with E-state index in [4.69, 9.17) is 17.0 Å². The number of hydrogen-bond acceptors (Lipinski definition) is 7. The fraction of sp³-hybridized carbons (Fsp3) is 0.524. The van der Waals surface area contributed by atoms with Gasteiger partial charge in [0.25, 0.3) is 5.91 Å². The number of likely N-dealkylation sites (N-methyl/N-ethyl adjacent to an activating group) is 1. The highest BCUT2D eigenvalue weighted by Crippen LogP contribution is 2.21. The van der Waals surface area contributed by atoms with Crippen molar-refractivity contribution < 1.29 is 23.9 Å². The predicted molar refractivity (Wildman–Crippen MR) is 119 cm³/mol. The lowest BCUT2D eigenvalue weighted by Gasteiger charge is -2.30. The molecule has 1 aromatic rings. The van der Waals surface area contributed by atoms with Crippen molar-refractivity contribution in [2.75, 3.05) is 58.4 Å². The van der Waals surface area contributed by atoms with E-state index in [1.807, 2.05) is 11.8 Å². The quantitative estimate of drug-likeness (QED) is 0.464. The van der Waals surface area contributed by atoms with Gasteiger partial charge in [-0.3, -0.25) is 19.4 Å². The number of nitrogens with zero attached hydrogens (tertiary/aromatic N) is 3. The van der Waals surface area contributed by atoms with Crippen molar-refractivity contribution >= 4 is 40.8 Å². The van der Waals surface area contributed by atoms with Crippen LogP contribution < -0.4 is 5.32 Å². The van der Waals surface area contributed by atoms with E-state index in [9.17, 15) is 14.4 Å². The number of nitrogens with one attached hydrogen (secondary N) is 1. The lowest BCUT2D eigenvalue weighted by atomic mass is 10.1. The SMILES string of the molecule is CCN1C(=O)[C@@H](CC(=O)Nc2ccc(C(=O)OC)cc2)N(CCN2CCOCC2)C1=S. The molecular formula is C21H28N4O5S. The second kappa shape index (κ2) is 10.7. The number of carbonyl (C=O) groups excluding carboxylic acids is 3. The number of carbonyl (C=O) groups is 3. The second-order valence-electron chi connectivity index (χ2n) is 7.35. The molecular weight excluding hydrogens is 420 g/mol. The molecule has 0 saturated carbocycles. The molecule has 9 nitrogen and oxygen atoms in total. The molecule has 0 radical (unpaired) electrons. The first-order valence-electron chi connectivity index (χ1n) is 10.3. The lowest BCUT2D eigenvalue weighted by Crippen LogP contribution is -2.45. The van der Waals surface area contributed by atoms with Gasteiger partial charge in [0.1, 0.15) is 6.04 Å². The monoisotopic (exact) mass is 448 g/mol. The summed E-state index contributed by atoms with van der Waals surface area (Å²) < 4.78 is 10.0. The third-order valence-electron chi connectivity index (χ3n) is 5.45. The van der Waals surface area contributed by atoms with Crippen LogP contribution in [0.25, 0.3) is 0 Å². The Balaban J connectivity index is 1.63. The molecule has 0 bridgehead atoms. The predicted octanol–water partition coefficient (Wildman–Crippen LogP) is 0.952. The molecule has 1 N–H and O–H groups in total. The average molecular weight is 449 g/mol. The van der Waals surface area contributed by atoms with Gasteiger partial charge in [0.15, 0.2) is 5.11 Å². The van der Waals surface area contributed by atoms with Crippen molar-refractivity contribution in [3.63, 3.8) is 0 Å². The normalized spacial score (nSPS) is 19.6. The van der Waals surface area contributed by atoms with Crippen molar-refractivity contribution in [1.82, 2.24) is 14.7 Å². The molecule has 0 aliphatic carbocycles. The van der Waals surface area contributed by atoms with Crippen LogP contribution in [0.3, 0.4) is 0 Å². The molecule has 0 spiro atoms. The zero-order valence-electron chi connectivity index (χ0n) is 17.8. The highest BCUT2D eigenvalue weighted by Gasteiger charge is 2.42. The summed E-state index contributed by atoms with van der Waals surface area (Å²) in [6.45, 7) is 6.76. The third kappa shape index (κ3) is 5.57. The molecule has 31 heavy (non-hydrogen) atoms. The number of methoxy groups -OCH3 is 1. The minimum absolute atomic E-state index is 0.00264. The molecule has 1 aromatic carbocycles. The standard InChI is InChI=1S/C21H28N4O5S/c1-3-24-19(27)17(25(21(24)31)9-8-23-10-12-30-13-11-23)14-18(26)22-16-6-4-15(5-7-16)20(28)29-2/h4-7,17H,3,8-14H2,1-2H3,(H,22,26)/t17-/m1/s1. The van der Waals surface area contributed by atoms with Crippen LogP contribution in [0.5, 0.6) is 0 Å². The summed E-state index contributed by atoms with van der Waals surface area (Å²) in [5, 5.41) is 3.26. The van der Waals surface area contributed by atoms with E-state index in [0.717, 1.165) is 19.6 Å². The van der Waals surface area contributed by atoms with Crippen LogP contribution in [0.4, 0.5) is 5.69 Å². The fourth-order valence-corrected chi connectivity index (χ4v) is 4.14. The van der Waals surface area contributed by atoms with Crippen molar-refractivity contribution in [3.05, 3.63) is 29.8 Å². The Bertz CT molecular complexity index is 826. The number of rotatable bonds is 8. The second-order valence-corrected chi connectivity index (χ2v) is 7.71. The highest BCUT2D eigenvalue weighted by atomic mass is 32.1. The lowest BCUT2D eigenvalue weighted by molar-refractivity contribution is -0.130. The van der Waals surface area contributed by atoms with E-state index in [1.165, 1.54) is 7.11 Å². The minimum Gasteiger partial charge on any atom is -0.465 e. The number of ether oxygens (including phenoxy) is 2. The van der Waals surface area contributed by atoms with Crippen LogP contribution in [0.1, 0.15) is 23.7 Å². The van der Waals surface area contributed by atoms with Crippen LogP contribution in [-0.2, 0) is 19.1 Å². The Kier molecular flexibility index (Phi) is 7.94. The minimum atomic E-state index is -0.622. The van der Waals surface area contributed by atoms with Gasteiger partial charge in [0, 0.05) is 38.4 Å². The van der Waals surface area contributed by atoms with E-state index < -0.39 is 12.0 Å². The Labute approximate surface area is 187 Å². The van der Waals surface area contributed by atoms with Crippen molar-refractivity contribution in [2.45, 2.75) is 19.4 Å². The van der Waals surface area contributed by atoms with E-state index >= 15 is 0 Å². The molecule has 0 aromatic heterocycles. The molecule has 2 fully saturated rings. The zero-order chi connectivity index (χ0) is 22.4. The number of benzene rings is 1.